The van der Waals surface area contributed by atoms with Gasteiger partial charge in [0.2, 0.25) is 5.91 Å². The summed E-state index contributed by atoms with van der Waals surface area (Å²) in [7, 11) is 0. The number of halogens is 3. The first kappa shape index (κ1) is 19.9. The highest BCUT2D eigenvalue weighted by molar-refractivity contribution is 5.77. The predicted octanol–water partition coefficient (Wildman–Crippen LogP) is 4.71. The second-order valence-electron chi connectivity index (χ2n) is 6.85. The van der Waals surface area contributed by atoms with Crippen LogP contribution in [0.5, 0.6) is 0 Å². The van der Waals surface area contributed by atoms with Gasteiger partial charge in [-0.2, -0.15) is 13.2 Å². The number of fused-ring (bicyclic) bond motifs is 1. The molecule has 0 aliphatic rings. The number of alkyl halides is 3. The van der Waals surface area contributed by atoms with E-state index in [9.17, 15) is 18.0 Å². The molecule has 0 aliphatic heterocycles. The van der Waals surface area contributed by atoms with Crippen molar-refractivity contribution in [2.24, 2.45) is 0 Å². The standard InChI is InChI=1S/C21H22F3N3O/c1-3-8-25-20(28)12-17(15-5-4-6-16(11-15)21(22,23)24)18-13-26-19-10-14(2)7-9-27(18)19/h4-7,9-11,13,17H,3,8,12H2,1-2H3,(H,25,28). The van der Waals surface area contributed by atoms with Gasteiger partial charge in [-0.1, -0.05) is 25.1 Å². The van der Waals surface area contributed by atoms with Crippen LogP contribution in [0.15, 0.2) is 48.8 Å². The molecule has 0 bridgehead atoms. The Morgan fingerprint density at radius 3 is 2.75 bits per heavy atom. The normalized spacial score (nSPS) is 12.9. The van der Waals surface area contributed by atoms with Crippen molar-refractivity contribution in [3.05, 3.63) is 71.2 Å². The molecule has 3 rings (SSSR count). The average Bonchev–Trinajstić information content (AvgIpc) is 3.06. The Morgan fingerprint density at radius 2 is 2.04 bits per heavy atom. The molecule has 148 valence electrons. The van der Waals surface area contributed by atoms with E-state index in [1.54, 1.807) is 12.3 Å². The van der Waals surface area contributed by atoms with Crippen molar-refractivity contribution >= 4 is 11.6 Å². The summed E-state index contributed by atoms with van der Waals surface area (Å²) in [5.41, 5.74) is 2.11. The molecule has 1 amide bonds. The molecule has 2 aromatic heterocycles. The number of nitrogens with one attached hydrogen (secondary N) is 1. The summed E-state index contributed by atoms with van der Waals surface area (Å²) in [4.78, 5) is 16.8. The maximum Gasteiger partial charge on any atom is 0.416 e. The Labute approximate surface area is 161 Å². The maximum absolute atomic E-state index is 13.2. The zero-order valence-corrected chi connectivity index (χ0v) is 15.8. The number of hydrogen-bond acceptors (Lipinski definition) is 2. The molecule has 4 nitrogen and oxygen atoms in total. The van der Waals surface area contributed by atoms with E-state index in [0.29, 0.717) is 23.4 Å². The van der Waals surface area contributed by atoms with Crippen molar-refractivity contribution in [1.82, 2.24) is 14.7 Å². The SMILES string of the molecule is CCCNC(=O)CC(c1cccc(C(F)(F)F)c1)c1cnc2cc(C)ccn12. The number of aryl methyl sites for hydroxylation is 1. The zero-order valence-electron chi connectivity index (χ0n) is 15.8. The number of carbonyl (C=O) groups excluding carboxylic acids is 1. The monoisotopic (exact) mass is 389 g/mol. The smallest absolute Gasteiger partial charge is 0.356 e. The van der Waals surface area contributed by atoms with Gasteiger partial charge < -0.3 is 9.72 Å². The quantitative estimate of drug-likeness (QED) is 0.664. The van der Waals surface area contributed by atoms with Gasteiger partial charge in [-0.3, -0.25) is 4.79 Å². The van der Waals surface area contributed by atoms with Gasteiger partial charge in [0, 0.05) is 31.3 Å². The Hall–Kier alpha value is -2.83. The predicted molar refractivity (Wildman–Crippen MR) is 101 cm³/mol. The van der Waals surface area contributed by atoms with E-state index in [0.717, 1.165) is 24.1 Å². The van der Waals surface area contributed by atoms with Crippen LogP contribution in [0.1, 0.15) is 48.1 Å². The minimum atomic E-state index is -4.44. The third-order valence-corrected chi connectivity index (χ3v) is 4.63. The third-order valence-electron chi connectivity index (χ3n) is 4.63. The molecular weight excluding hydrogens is 367 g/mol. The highest BCUT2D eigenvalue weighted by Crippen LogP contribution is 2.34. The number of amides is 1. The van der Waals surface area contributed by atoms with Gasteiger partial charge in [-0.25, -0.2) is 4.98 Å². The molecular formula is C21H22F3N3O. The minimum Gasteiger partial charge on any atom is -0.356 e. The van der Waals surface area contributed by atoms with Crippen molar-refractivity contribution in [3.8, 4) is 0 Å². The molecule has 28 heavy (non-hydrogen) atoms. The molecule has 3 aromatic rings. The Morgan fingerprint density at radius 1 is 1.25 bits per heavy atom. The van der Waals surface area contributed by atoms with E-state index in [1.165, 1.54) is 6.07 Å². The van der Waals surface area contributed by atoms with Gasteiger partial charge in [0.1, 0.15) is 5.65 Å². The van der Waals surface area contributed by atoms with E-state index in [1.807, 2.05) is 36.6 Å². The van der Waals surface area contributed by atoms with Crippen molar-refractivity contribution in [2.45, 2.75) is 38.8 Å². The molecule has 0 aliphatic carbocycles. The Kier molecular flexibility index (Phi) is 5.72. The van der Waals surface area contributed by atoms with Crippen molar-refractivity contribution < 1.29 is 18.0 Å². The number of rotatable bonds is 6. The molecule has 0 saturated heterocycles. The van der Waals surface area contributed by atoms with E-state index < -0.39 is 17.7 Å². The summed E-state index contributed by atoms with van der Waals surface area (Å²) in [5, 5.41) is 2.81. The molecule has 1 atom stereocenters. The highest BCUT2D eigenvalue weighted by atomic mass is 19.4. The van der Waals surface area contributed by atoms with Crippen molar-refractivity contribution in [3.63, 3.8) is 0 Å². The average molecular weight is 389 g/mol. The number of hydrogen-bond donors (Lipinski definition) is 1. The lowest BCUT2D eigenvalue weighted by atomic mass is 9.91. The summed E-state index contributed by atoms with van der Waals surface area (Å²) >= 11 is 0. The number of imidazole rings is 1. The number of nitrogens with zero attached hydrogens (tertiary/aromatic N) is 2. The summed E-state index contributed by atoms with van der Waals surface area (Å²) in [5.74, 6) is -0.747. The molecule has 7 heteroatoms. The number of aromatic nitrogens is 2. The van der Waals surface area contributed by atoms with Crippen LogP contribution >= 0.6 is 0 Å². The summed E-state index contributed by atoms with van der Waals surface area (Å²) < 4.78 is 41.4. The van der Waals surface area contributed by atoms with Crippen LogP contribution in [0.4, 0.5) is 13.2 Å². The van der Waals surface area contributed by atoms with Crippen molar-refractivity contribution in [2.75, 3.05) is 6.54 Å². The number of carbonyl (C=O) groups is 1. The molecule has 1 aromatic carbocycles. The first-order valence-electron chi connectivity index (χ1n) is 9.17. The molecule has 0 spiro atoms. The lowest BCUT2D eigenvalue weighted by molar-refractivity contribution is -0.137. The maximum atomic E-state index is 13.2. The molecule has 0 fully saturated rings. The van der Waals surface area contributed by atoms with Crippen LogP contribution in [0, 0.1) is 6.92 Å². The summed E-state index contributed by atoms with van der Waals surface area (Å²) in [6.07, 6.45) is -0.149. The first-order valence-corrected chi connectivity index (χ1v) is 9.17. The van der Waals surface area contributed by atoms with Gasteiger partial charge in [0.25, 0.3) is 0 Å². The second kappa shape index (κ2) is 8.04. The lowest BCUT2D eigenvalue weighted by Crippen LogP contribution is -2.26. The topological polar surface area (TPSA) is 46.4 Å². The Balaban J connectivity index is 2.06. The molecule has 0 saturated carbocycles. The molecule has 1 N–H and O–H groups in total. The van der Waals surface area contributed by atoms with Crippen molar-refractivity contribution in [1.29, 1.82) is 0 Å². The van der Waals surface area contributed by atoms with Gasteiger partial charge >= 0.3 is 6.18 Å². The van der Waals surface area contributed by atoms with Crippen LogP contribution in [-0.2, 0) is 11.0 Å². The Bertz CT molecular complexity index is 978. The highest BCUT2D eigenvalue weighted by Gasteiger charge is 2.32. The van der Waals surface area contributed by atoms with Gasteiger partial charge in [0.05, 0.1) is 11.3 Å². The van der Waals surface area contributed by atoms with Crippen LogP contribution < -0.4 is 5.32 Å². The summed E-state index contributed by atoms with van der Waals surface area (Å²) in [6.45, 7) is 4.41. The molecule has 2 heterocycles. The fourth-order valence-electron chi connectivity index (χ4n) is 3.21. The van der Waals surface area contributed by atoms with E-state index in [-0.39, 0.29) is 12.3 Å². The zero-order chi connectivity index (χ0) is 20.3. The number of pyridine rings is 1. The van der Waals surface area contributed by atoms with Gasteiger partial charge in [-0.05, 0) is 42.7 Å². The second-order valence-corrected chi connectivity index (χ2v) is 6.85. The van der Waals surface area contributed by atoms with Gasteiger partial charge in [0.15, 0.2) is 0 Å². The van der Waals surface area contributed by atoms with E-state index in [4.69, 9.17) is 0 Å². The van der Waals surface area contributed by atoms with Crippen LogP contribution in [0.2, 0.25) is 0 Å². The van der Waals surface area contributed by atoms with Crippen LogP contribution in [0.3, 0.4) is 0 Å². The first-order chi connectivity index (χ1) is 13.3. The summed E-state index contributed by atoms with van der Waals surface area (Å²) in [6, 6.07) is 8.95. The third kappa shape index (κ3) is 4.35. The largest absolute Gasteiger partial charge is 0.416 e. The minimum absolute atomic E-state index is 0.0446. The lowest BCUT2D eigenvalue weighted by Gasteiger charge is -2.19. The van der Waals surface area contributed by atoms with E-state index >= 15 is 0 Å². The van der Waals surface area contributed by atoms with Crippen LogP contribution in [-0.4, -0.2) is 21.8 Å². The molecule has 0 radical (unpaired) electrons. The van der Waals surface area contributed by atoms with Crippen LogP contribution in [0.25, 0.3) is 5.65 Å². The fraction of sp³-hybridized carbons (Fsp3) is 0.333. The molecule has 1 unspecified atom stereocenters. The number of benzene rings is 1. The van der Waals surface area contributed by atoms with E-state index in [2.05, 4.69) is 10.3 Å². The van der Waals surface area contributed by atoms with Gasteiger partial charge in [-0.15, -0.1) is 0 Å². The fourth-order valence-corrected chi connectivity index (χ4v) is 3.21.